The van der Waals surface area contributed by atoms with E-state index in [1.807, 2.05) is 31.4 Å². The van der Waals surface area contributed by atoms with Crippen molar-refractivity contribution in [2.24, 2.45) is 5.92 Å². The van der Waals surface area contributed by atoms with E-state index in [2.05, 4.69) is 24.0 Å². The fourth-order valence-corrected chi connectivity index (χ4v) is 2.86. The van der Waals surface area contributed by atoms with Gasteiger partial charge in [0.15, 0.2) is 5.78 Å². The van der Waals surface area contributed by atoms with Crippen LogP contribution in [0.3, 0.4) is 0 Å². The number of rotatable bonds is 6. The van der Waals surface area contributed by atoms with Gasteiger partial charge in [-0.25, -0.2) is 0 Å². The molecule has 1 aromatic carbocycles. The van der Waals surface area contributed by atoms with Crippen molar-refractivity contribution < 1.29 is 4.79 Å². The van der Waals surface area contributed by atoms with Gasteiger partial charge in [-0.15, -0.1) is 0 Å². The van der Waals surface area contributed by atoms with Gasteiger partial charge in [0.05, 0.1) is 0 Å². The van der Waals surface area contributed by atoms with Gasteiger partial charge in [-0.2, -0.15) is 0 Å². The average molecular weight is 271 g/mol. The number of carbonyl (C=O) groups is 1. The van der Waals surface area contributed by atoms with Crippen molar-refractivity contribution in [1.82, 2.24) is 0 Å². The molecule has 0 aromatic heterocycles. The molecule has 1 unspecified atom stereocenters. The molecule has 20 heavy (non-hydrogen) atoms. The van der Waals surface area contributed by atoms with E-state index >= 15 is 0 Å². The zero-order valence-corrected chi connectivity index (χ0v) is 12.6. The van der Waals surface area contributed by atoms with Gasteiger partial charge in [0.1, 0.15) is 0 Å². The normalized spacial score (nSPS) is 20.6. The van der Waals surface area contributed by atoms with Crippen LogP contribution in [0.4, 0.5) is 5.69 Å². The quantitative estimate of drug-likeness (QED) is 0.558. The van der Waals surface area contributed by atoms with Crippen LogP contribution in [0.25, 0.3) is 0 Å². The van der Waals surface area contributed by atoms with Gasteiger partial charge in [0, 0.05) is 30.4 Å². The summed E-state index contributed by atoms with van der Waals surface area (Å²) in [6, 6.07) is 10.2. The lowest BCUT2D eigenvalue weighted by Gasteiger charge is -2.15. The first-order chi connectivity index (χ1) is 9.72. The molecule has 1 aromatic rings. The predicted octanol–water partition coefficient (Wildman–Crippen LogP) is 4.57. The van der Waals surface area contributed by atoms with E-state index < -0.39 is 0 Å². The van der Waals surface area contributed by atoms with Crippen LogP contribution in [-0.2, 0) is 4.79 Å². The van der Waals surface area contributed by atoms with Crippen molar-refractivity contribution in [3.05, 3.63) is 42.1 Å². The minimum Gasteiger partial charge on any atom is -0.351 e. The van der Waals surface area contributed by atoms with E-state index in [1.165, 1.54) is 19.3 Å². The summed E-state index contributed by atoms with van der Waals surface area (Å²) in [5.74, 6) is 0.654. The molecular formula is C18H25NO. The molecule has 0 heterocycles. The molecule has 0 saturated heterocycles. The molecule has 0 amide bonds. The Morgan fingerprint density at radius 1 is 1.25 bits per heavy atom. The molecule has 0 bridgehead atoms. The summed E-state index contributed by atoms with van der Waals surface area (Å²) in [5, 5.41) is 0. The van der Waals surface area contributed by atoms with Gasteiger partial charge in [-0.3, -0.25) is 4.79 Å². The monoisotopic (exact) mass is 271 g/mol. The van der Waals surface area contributed by atoms with Crippen molar-refractivity contribution >= 4 is 11.5 Å². The van der Waals surface area contributed by atoms with E-state index in [1.54, 1.807) is 0 Å². The largest absolute Gasteiger partial charge is 0.351 e. The van der Waals surface area contributed by atoms with E-state index in [0.717, 1.165) is 30.5 Å². The van der Waals surface area contributed by atoms with Crippen molar-refractivity contribution in [2.45, 2.75) is 45.4 Å². The van der Waals surface area contributed by atoms with E-state index in [9.17, 15) is 4.79 Å². The summed E-state index contributed by atoms with van der Waals surface area (Å²) in [6.45, 7) is 2.20. The fraction of sp³-hybridized carbons (Fsp3) is 0.500. The first-order valence-corrected chi connectivity index (χ1v) is 7.75. The third-order valence-electron chi connectivity index (χ3n) is 4.12. The highest BCUT2D eigenvalue weighted by Crippen LogP contribution is 2.31. The number of ketones is 1. The second-order valence-corrected chi connectivity index (χ2v) is 5.70. The molecule has 2 rings (SSSR count). The topological polar surface area (TPSA) is 20.3 Å². The first-order valence-electron chi connectivity index (χ1n) is 7.75. The third-order valence-corrected chi connectivity index (χ3v) is 4.12. The number of hydrogen-bond donors (Lipinski definition) is 0. The van der Waals surface area contributed by atoms with Gasteiger partial charge in [-0.1, -0.05) is 44.4 Å². The smallest absolute Gasteiger partial charge is 0.163 e. The number of hydrogen-bond acceptors (Lipinski definition) is 2. The fourth-order valence-electron chi connectivity index (χ4n) is 2.86. The number of para-hydroxylation sites is 1. The Hall–Kier alpha value is -1.57. The maximum absolute atomic E-state index is 12.4. The number of Topliss-reactive ketones (excluding diaryl/α,β-unsaturated/α-hetero) is 1. The molecule has 1 saturated carbocycles. The third kappa shape index (κ3) is 3.72. The zero-order chi connectivity index (χ0) is 14.4. The molecule has 0 radical (unpaired) electrons. The van der Waals surface area contributed by atoms with Crippen LogP contribution in [0.15, 0.2) is 42.1 Å². The second kappa shape index (κ2) is 7.28. The Morgan fingerprint density at radius 2 is 2.00 bits per heavy atom. The Balaban J connectivity index is 1.96. The van der Waals surface area contributed by atoms with Gasteiger partial charge >= 0.3 is 0 Å². The molecule has 1 fully saturated rings. The van der Waals surface area contributed by atoms with Gasteiger partial charge in [-0.05, 0) is 31.4 Å². The Labute approximate surface area is 122 Å². The molecule has 1 atom stereocenters. The van der Waals surface area contributed by atoms with E-state index in [4.69, 9.17) is 0 Å². The molecule has 1 aliphatic rings. The molecule has 0 spiro atoms. The van der Waals surface area contributed by atoms with E-state index in [0.29, 0.717) is 5.78 Å². The average Bonchev–Trinajstić information content (AvgIpc) is 2.81. The van der Waals surface area contributed by atoms with Crippen molar-refractivity contribution in [3.63, 3.8) is 0 Å². The summed E-state index contributed by atoms with van der Waals surface area (Å²) >= 11 is 0. The zero-order valence-electron chi connectivity index (χ0n) is 12.6. The number of unbranched alkanes of at least 4 members (excludes halogenated alkanes) is 2. The van der Waals surface area contributed by atoms with Crippen LogP contribution in [0.5, 0.6) is 0 Å². The summed E-state index contributed by atoms with van der Waals surface area (Å²) in [6.07, 6.45) is 8.72. The molecule has 2 nitrogen and oxygen atoms in total. The Bertz CT molecular complexity index is 464. The molecule has 0 aliphatic heterocycles. The highest BCUT2D eigenvalue weighted by molar-refractivity contribution is 5.99. The Morgan fingerprint density at radius 3 is 2.70 bits per heavy atom. The highest BCUT2D eigenvalue weighted by Gasteiger charge is 2.28. The van der Waals surface area contributed by atoms with Crippen molar-refractivity contribution in [1.29, 1.82) is 0 Å². The highest BCUT2D eigenvalue weighted by atomic mass is 16.1. The Kier molecular flexibility index (Phi) is 5.40. The number of anilines is 1. The number of nitrogens with zero attached hydrogens (tertiary/aromatic N) is 1. The maximum atomic E-state index is 12.4. The van der Waals surface area contributed by atoms with Crippen LogP contribution in [-0.4, -0.2) is 12.8 Å². The SMILES string of the molecule is CCCCCC1CC/C(=C/N(C)c2ccccc2)C1=O. The van der Waals surface area contributed by atoms with Crippen LogP contribution < -0.4 is 4.90 Å². The molecule has 0 N–H and O–H groups in total. The number of allylic oxidation sites excluding steroid dienone is 1. The summed E-state index contributed by atoms with van der Waals surface area (Å²) < 4.78 is 0. The lowest BCUT2D eigenvalue weighted by Crippen LogP contribution is -2.13. The molecule has 1 aliphatic carbocycles. The van der Waals surface area contributed by atoms with Gasteiger partial charge in [0.2, 0.25) is 0 Å². The number of benzene rings is 1. The molecular weight excluding hydrogens is 246 g/mol. The van der Waals surface area contributed by atoms with Gasteiger partial charge < -0.3 is 4.90 Å². The minimum atomic E-state index is 0.275. The van der Waals surface area contributed by atoms with Crippen LogP contribution in [0.2, 0.25) is 0 Å². The van der Waals surface area contributed by atoms with Crippen molar-refractivity contribution in [3.8, 4) is 0 Å². The summed E-state index contributed by atoms with van der Waals surface area (Å²) in [4.78, 5) is 14.4. The van der Waals surface area contributed by atoms with Crippen LogP contribution in [0.1, 0.15) is 45.4 Å². The standard InChI is InChI=1S/C18H25NO/c1-3-4-6-9-15-12-13-16(18(15)20)14-19(2)17-10-7-5-8-11-17/h5,7-8,10-11,14-15H,3-4,6,9,12-13H2,1-2H3/b16-14-. The summed E-state index contributed by atoms with van der Waals surface area (Å²) in [7, 11) is 2.01. The molecule has 108 valence electrons. The van der Waals surface area contributed by atoms with Crippen LogP contribution in [0, 0.1) is 5.92 Å². The van der Waals surface area contributed by atoms with Gasteiger partial charge in [0.25, 0.3) is 0 Å². The minimum absolute atomic E-state index is 0.275. The predicted molar refractivity (Wildman–Crippen MR) is 84.8 cm³/mol. The summed E-state index contributed by atoms with van der Waals surface area (Å²) in [5.41, 5.74) is 2.13. The van der Waals surface area contributed by atoms with Crippen molar-refractivity contribution in [2.75, 3.05) is 11.9 Å². The van der Waals surface area contributed by atoms with Crippen LogP contribution >= 0.6 is 0 Å². The second-order valence-electron chi connectivity index (χ2n) is 5.70. The van der Waals surface area contributed by atoms with E-state index in [-0.39, 0.29) is 5.92 Å². The lowest BCUT2D eigenvalue weighted by atomic mass is 9.98. The number of carbonyl (C=O) groups excluding carboxylic acids is 1. The first kappa shape index (κ1) is 14.8. The maximum Gasteiger partial charge on any atom is 0.163 e. The molecule has 2 heteroatoms. The lowest BCUT2D eigenvalue weighted by molar-refractivity contribution is -0.118.